The highest BCUT2D eigenvalue weighted by molar-refractivity contribution is 5.64. The Morgan fingerprint density at radius 3 is 2.52 bits per heavy atom. The van der Waals surface area contributed by atoms with E-state index < -0.39 is 0 Å². The molecule has 3 rings (SSSR count). The predicted octanol–water partition coefficient (Wildman–Crippen LogP) is 2.42. The lowest BCUT2D eigenvalue weighted by atomic mass is 10.1. The van der Waals surface area contributed by atoms with Gasteiger partial charge in [0.2, 0.25) is 5.95 Å². The lowest BCUT2D eigenvalue weighted by Gasteiger charge is -2.27. The van der Waals surface area contributed by atoms with E-state index in [-0.39, 0.29) is 0 Å². The van der Waals surface area contributed by atoms with Crippen LogP contribution in [-0.2, 0) is 6.42 Å². The third-order valence-electron chi connectivity index (χ3n) is 3.99. The fourth-order valence-electron chi connectivity index (χ4n) is 2.64. The van der Waals surface area contributed by atoms with Gasteiger partial charge in [0, 0.05) is 37.9 Å². The monoisotopic (exact) mass is 282 g/mol. The Hall–Kier alpha value is -1.94. The molecule has 4 heteroatoms. The van der Waals surface area contributed by atoms with Gasteiger partial charge in [0.05, 0.1) is 5.69 Å². The molecule has 0 bridgehead atoms. The lowest BCUT2D eigenvalue weighted by molar-refractivity contribution is 0.580. The second-order valence-electron chi connectivity index (χ2n) is 5.49. The molecule has 0 saturated carbocycles. The summed E-state index contributed by atoms with van der Waals surface area (Å²) in [5.41, 5.74) is 4.69. The smallest absolute Gasteiger partial charge is 0.225 e. The number of anilines is 1. The number of hydrogen-bond acceptors (Lipinski definition) is 4. The van der Waals surface area contributed by atoms with E-state index in [2.05, 4.69) is 53.3 Å². The molecule has 0 radical (unpaired) electrons. The summed E-state index contributed by atoms with van der Waals surface area (Å²) in [4.78, 5) is 11.6. The number of rotatable bonds is 3. The third kappa shape index (κ3) is 3.05. The van der Waals surface area contributed by atoms with Crippen molar-refractivity contribution in [2.75, 3.05) is 31.1 Å². The molecule has 2 heterocycles. The maximum Gasteiger partial charge on any atom is 0.225 e. The van der Waals surface area contributed by atoms with E-state index in [0.29, 0.717) is 0 Å². The minimum atomic E-state index is 0.844. The topological polar surface area (TPSA) is 41.1 Å². The molecule has 21 heavy (non-hydrogen) atoms. The maximum atomic E-state index is 4.81. The Morgan fingerprint density at radius 2 is 1.86 bits per heavy atom. The molecule has 1 fully saturated rings. The van der Waals surface area contributed by atoms with E-state index in [9.17, 15) is 0 Å². The zero-order valence-electron chi connectivity index (χ0n) is 12.8. The fraction of sp³-hybridized carbons (Fsp3) is 0.412. The van der Waals surface area contributed by atoms with Crippen LogP contribution in [0.15, 0.2) is 30.5 Å². The summed E-state index contributed by atoms with van der Waals surface area (Å²) in [6.45, 7) is 8.18. The zero-order chi connectivity index (χ0) is 14.7. The molecule has 1 aliphatic heterocycles. The van der Waals surface area contributed by atoms with E-state index in [1.54, 1.807) is 0 Å². The molecule has 0 unspecified atom stereocenters. The lowest BCUT2D eigenvalue weighted by Crippen LogP contribution is -2.44. The zero-order valence-corrected chi connectivity index (χ0v) is 12.8. The minimum Gasteiger partial charge on any atom is -0.338 e. The molecular formula is C17H22N4. The van der Waals surface area contributed by atoms with Crippen molar-refractivity contribution >= 4 is 5.95 Å². The summed E-state index contributed by atoms with van der Waals surface area (Å²) in [5.74, 6) is 0.844. The maximum absolute atomic E-state index is 4.81. The number of nitrogens with zero attached hydrogens (tertiary/aromatic N) is 3. The highest BCUT2D eigenvalue weighted by Crippen LogP contribution is 2.23. The molecule has 4 nitrogen and oxygen atoms in total. The first-order valence-corrected chi connectivity index (χ1v) is 7.66. The second kappa shape index (κ2) is 6.22. The van der Waals surface area contributed by atoms with Crippen molar-refractivity contribution in [3.05, 3.63) is 41.6 Å². The van der Waals surface area contributed by atoms with Crippen molar-refractivity contribution < 1.29 is 0 Å². The van der Waals surface area contributed by atoms with Gasteiger partial charge in [0.1, 0.15) is 0 Å². The average Bonchev–Trinajstić information content (AvgIpc) is 2.56. The van der Waals surface area contributed by atoms with Gasteiger partial charge in [-0.05, 0) is 24.5 Å². The Labute approximate surface area is 126 Å². The molecule has 0 spiro atoms. The first-order valence-electron chi connectivity index (χ1n) is 7.66. The summed E-state index contributed by atoms with van der Waals surface area (Å²) in [6, 6.07) is 8.69. The van der Waals surface area contributed by atoms with Crippen LogP contribution in [0.25, 0.3) is 11.3 Å². The number of aromatic nitrogens is 2. The SMILES string of the molecule is CCc1ccc(-c2nc(N3CCNCC3)ncc2C)cc1. The van der Waals surface area contributed by atoms with Gasteiger partial charge in [-0.15, -0.1) is 0 Å². The summed E-state index contributed by atoms with van der Waals surface area (Å²) >= 11 is 0. The highest BCUT2D eigenvalue weighted by Gasteiger charge is 2.15. The Morgan fingerprint density at radius 1 is 1.14 bits per heavy atom. The van der Waals surface area contributed by atoms with Gasteiger partial charge in [-0.25, -0.2) is 9.97 Å². The Kier molecular flexibility index (Phi) is 4.15. The van der Waals surface area contributed by atoms with Crippen molar-refractivity contribution in [1.29, 1.82) is 0 Å². The summed E-state index contributed by atoms with van der Waals surface area (Å²) in [7, 11) is 0. The molecule has 0 amide bonds. The molecule has 1 aliphatic rings. The Balaban J connectivity index is 1.92. The van der Waals surface area contributed by atoms with Gasteiger partial charge in [-0.2, -0.15) is 0 Å². The van der Waals surface area contributed by atoms with Gasteiger partial charge in [0.15, 0.2) is 0 Å². The number of aryl methyl sites for hydroxylation is 2. The van der Waals surface area contributed by atoms with Crippen LogP contribution in [0.5, 0.6) is 0 Å². The number of hydrogen-bond donors (Lipinski definition) is 1. The van der Waals surface area contributed by atoms with Crippen molar-refractivity contribution in [1.82, 2.24) is 15.3 Å². The van der Waals surface area contributed by atoms with Crippen LogP contribution in [-0.4, -0.2) is 36.1 Å². The van der Waals surface area contributed by atoms with Crippen LogP contribution < -0.4 is 10.2 Å². The number of benzene rings is 1. The molecule has 110 valence electrons. The van der Waals surface area contributed by atoms with E-state index >= 15 is 0 Å². The van der Waals surface area contributed by atoms with E-state index in [1.807, 2.05) is 6.20 Å². The molecule has 2 aromatic rings. The normalized spacial score (nSPS) is 15.2. The van der Waals surface area contributed by atoms with Crippen LogP contribution in [0.2, 0.25) is 0 Å². The van der Waals surface area contributed by atoms with Crippen molar-refractivity contribution in [3.63, 3.8) is 0 Å². The quantitative estimate of drug-likeness (QED) is 0.938. The first kappa shape index (κ1) is 14.0. The van der Waals surface area contributed by atoms with Gasteiger partial charge in [0.25, 0.3) is 0 Å². The Bertz CT molecular complexity index is 601. The minimum absolute atomic E-state index is 0.844. The van der Waals surface area contributed by atoms with Crippen molar-refractivity contribution in [2.45, 2.75) is 20.3 Å². The van der Waals surface area contributed by atoms with Crippen molar-refractivity contribution in [3.8, 4) is 11.3 Å². The van der Waals surface area contributed by atoms with Gasteiger partial charge in [-0.3, -0.25) is 0 Å². The van der Waals surface area contributed by atoms with Crippen LogP contribution in [0.4, 0.5) is 5.95 Å². The van der Waals surface area contributed by atoms with Gasteiger partial charge >= 0.3 is 0 Å². The summed E-state index contributed by atoms with van der Waals surface area (Å²) in [5, 5.41) is 3.36. The number of piperazine rings is 1. The highest BCUT2D eigenvalue weighted by atomic mass is 15.3. The fourth-order valence-corrected chi connectivity index (χ4v) is 2.64. The van der Waals surface area contributed by atoms with Crippen LogP contribution in [0.3, 0.4) is 0 Å². The molecule has 0 atom stereocenters. The summed E-state index contributed by atoms with van der Waals surface area (Å²) < 4.78 is 0. The largest absolute Gasteiger partial charge is 0.338 e. The van der Waals surface area contributed by atoms with E-state index in [1.165, 1.54) is 11.1 Å². The van der Waals surface area contributed by atoms with Crippen LogP contribution in [0, 0.1) is 6.92 Å². The van der Waals surface area contributed by atoms with E-state index in [4.69, 9.17) is 4.98 Å². The molecule has 0 aliphatic carbocycles. The standard InChI is InChI=1S/C17H22N4/c1-3-14-4-6-15(7-5-14)16-13(2)12-19-17(20-16)21-10-8-18-9-11-21/h4-7,12,18H,3,8-11H2,1-2H3. The second-order valence-corrected chi connectivity index (χ2v) is 5.49. The first-order chi connectivity index (χ1) is 10.3. The van der Waals surface area contributed by atoms with Crippen LogP contribution in [0.1, 0.15) is 18.1 Å². The molecule has 1 aromatic carbocycles. The van der Waals surface area contributed by atoms with Crippen molar-refractivity contribution in [2.24, 2.45) is 0 Å². The molecule has 1 saturated heterocycles. The molecule has 1 aromatic heterocycles. The summed E-state index contributed by atoms with van der Waals surface area (Å²) in [6.07, 6.45) is 3.00. The van der Waals surface area contributed by atoms with Gasteiger partial charge < -0.3 is 10.2 Å². The van der Waals surface area contributed by atoms with E-state index in [0.717, 1.165) is 49.8 Å². The predicted molar refractivity (Wildman–Crippen MR) is 86.7 cm³/mol. The van der Waals surface area contributed by atoms with Gasteiger partial charge in [-0.1, -0.05) is 31.2 Å². The molecule has 1 N–H and O–H groups in total. The average molecular weight is 282 g/mol. The molecular weight excluding hydrogens is 260 g/mol. The van der Waals surface area contributed by atoms with Crippen LogP contribution >= 0.6 is 0 Å². The third-order valence-corrected chi connectivity index (χ3v) is 3.99. The number of nitrogens with one attached hydrogen (secondary N) is 1.